The van der Waals surface area contributed by atoms with Crippen LogP contribution in [0.3, 0.4) is 0 Å². The van der Waals surface area contributed by atoms with E-state index in [9.17, 15) is 4.79 Å². The van der Waals surface area contributed by atoms with Crippen molar-refractivity contribution < 1.29 is 19.1 Å². The molecular weight excluding hydrogens is 150 g/mol. The highest BCUT2D eigenvalue weighted by molar-refractivity contribution is 5.84. The maximum atomic E-state index is 10.3. The first-order valence-electron chi connectivity index (χ1n) is 2.90. The summed E-state index contributed by atoms with van der Waals surface area (Å²) in [5.41, 5.74) is -0.1000. The third kappa shape index (κ3) is 1.78. The van der Waals surface area contributed by atoms with Crippen molar-refractivity contribution in [2.24, 2.45) is 0 Å². The van der Waals surface area contributed by atoms with Gasteiger partial charge in [0, 0.05) is 7.11 Å². The van der Waals surface area contributed by atoms with Gasteiger partial charge in [-0.3, -0.25) is 0 Å². The van der Waals surface area contributed by atoms with E-state index >= 15 is 0 Å². The van der Waals surface area contributed by atoms with E-state index in [1.165, 1.54) is 7.11 Å². The molecule has 0 bridgehead atoms. The number of ether oxygens (including phenoxy) is 1. The van der Waals surface area contributed by atoms with Crippen molar-refractivity contribution in [3.05, 3.63) is 17.8 Å². The predicted octanol–water partition coefficient (Wildman–Crippen LogP) is 0.519. The fourth-order valence-corrected chi connectivity index (χ4v) is 0.599. The Morgan fingerprint density at radius 2 is 2.64 bits per heavy atom. The maximum Gasteiger partial charge on any atom is 0.357 e. The van der Waals surface area contributed by atoms with E-state index in [1.807, 2.05) is 0 Å². The molecule has 60 valence electrons. The second-order valence-electron chi connectivity index (χ2n) is 1.86. The average molecular weight is 157 g/mol. The quantitative estimate of drug-likeness (QED) is 0.692. The molecule has 0 atom stereocenters. The summed E-state index contributed by atoms with van der Waals surface area (Å²) in [6.45, 7) is 0.188. The van der Waals surface area contributed by atoms with Gasteiger partial charge in [-0.25, -0.2) is 9.78 Å². The molecule has 0 aromatic carbocycles. The van der Waals surface area contributed by atoms with Crippen LogP contribution in [0.4, 0.5) is 0 Å². The largest absolute Gasteiger partial charge is 0.476 e. The number of methoxy groups -OCH3 is 1. The molecule has 0 aliphatic carbocycles. The van der Waals surface area contributed by atoms with Gasteiger partial charge in [0.15, 0.2) is 5.69 Å². The summed E-state index contributed by atoms with van der Waals surface area (Å²) in [4.78, 5) is 13.9. The smallest absolute Gasteiger partial charge is 0.357 e. The molecule has 1 aromatic rings. The van der Waals surface area contributed by atoms with E-state index in [2.05, 4.69) is 9.72 Å². The Bertz CT molecular complexity index is 255. The van der Waals surface area contributed by atoms with Crippen LogP contribution in [0.15, 0.2) is 10.7 Å². The number of hydrogen-bond donors (Lipinski definition) is 1. The molecule has 5 heteroatoms. The molecule has 0 aliphatic rings. The second kappa shape index (κ2) is 3.16. The first kappa shape index (κ1) is 7.74. The number of aromatic nitrogens is 1. The van der Waals surface area contributed by atoms with Gasteiger partial charge in [-0.2, -0.15) is 0 Å². The van der Waals surface area contributed by atoms with E-state index in [-0.39, 0.29) is 18.2 Å². The van der Waals surface area contributed by atoms with E-state index < -0.39 is 5.97 Å². The second-order valence-corrected chi connectivity index (χ2v) is 1.86. The van der Waals surface area contributed by atoms with E-state index in [4.69, 9.17) is 9.52 Å². The molecule has 0 fully saturated rings. The van der Waals surface area contributed by atoms with E-state index in [0.29, 0.717) is 0 Å². The predicted molar refractivity (Wildman–Crippen MR) is 34.2 cm³/mol. The SMILES string of the molecule is COCc1nc(C(=O)O)co1. The lowest BCUT2D eigenvalue weighted by Gasteiger charge is -1.87. The van der Waals surface area contributed by atoms with Gasteiger partial charge in [-0.1, -0.05) is 0 Å². The van der Waals surface area contributed by atoms with Crippen molar-refractivity contribution in [1.29, 1.82) is 0 Å². The highest BCUT2D eigenvalue weighted by Crippen LogP contribution is 2.02. The third-order valence-corrected chi connectivity index (χ3v) is 1.04. The number of carbonyl (C=O) groups is 1. The summed E-state index contributed by atoms with van der Waals surface area (Å²) in [6, 6.07) is 0. The molecule has 0 spiro atoms. The molecule has 1 heterocycles. The standard InChI is InChI=1S/C6H7NO4/c1-10-3-5-7-4(2-11-5)6(8)9/h2H,3H2,1H3,(H,8,9). The lowest BCUT2D eigenvalue weighted by molar-refractivity contribution is 0.0690. The van der Waals surface area contributed by atoms with Crippen LogP contribution in [0.5, 0.6) is 0 Å². The summed E-state index contributed by atoms with van der Waals surface area (Å²) in [7, 11) is 1.48. The van der Waals surface area contributed by atoms with Crippen molar-refractivity contribution in [1.82, 2.24) is 4.98 Å². The van der Waals surface area contributed by atoms with Crippen molar-refractivity contribution in [2.75, 3.05) is 7.11 Å². The average Bonchev–Trinajstić information content (AvgIpc) is 2.37. The van der Waals surface area contributed by atoms with Gasteiger partial charge in [0.25, 0.3) is 0 Å². The number of nitrogens with zero attached hydrogens (tertiary/aromatic N) is 1. The van der Waals surface area contributed by atoms with Crippen LogP contribution in [-0.4, -0.2) is 23.2 Å². The van der Waals surface area contributed by atoms with Crippen LogP contribution in [0.25, 0.3) is 0 Å². The molecule has 1 aromatic heterocycles. The van der Waals surface area contributed by atoms with Crippen LogP contribution >= 0.6 is 0 Å². The van der Waals surface area contributed by atoms with Crippen LogP contribution < -0.4 is 0 Å². The zero-order valence-electron chi connectivity index (χ0n) is 5.90. The zero-order chi connectivity index (χ0) is 8.27. The number of aromatic carboxylic acids is 1. The van der Waals surface area contributed by atoms with Gasteiger partial charge in [0.05, 0.1) is 0 Å². The van der Waals surface area contributed by atoms with Crippen molar-refractivity contribution >= 4 is 5.97 Å². The molecule has 11 heavy (non-hydrogen) atoms. The minimum atomic E-state index is -1.10. The van der Waals surface area contributed by atoms with Crippen molar-refractivity contribution in [2.45, 2.75) is 6.61 Å². The van der Waals surface area contributed by atoms with Crippen LogP contribution in [0, 0.1) is 0 Å². The van der Waals surface area contributed by atoms with E-state index in [1.54, 1.807) is 0 Å². The van der Waals surface area contributed by atoms with Gasteiger partial charge in [-0.05, 0) is 0 Å². The molecule has 5 nitrogen and oxygen atoms in total. The molecule has 1 N–H and O–H groups in total. The number of carboxylic acid groups (broad SMARTS) is 1. The summed E-state index contributed by atoms with van der Waals surface area (Å²) < 4.78 is 9.42. The van der Waals surface area contributed by atoms with Crippen LogP contribution in [0.1, 0.15) is 16.4 Å². The molecule has 0 radical (unpaired) electrons. The number of hydrogen-bond acceptors (Lipinski definition) is 4. The molecular formula is C6H7NO4. The minimum absolute atomic E-state index is 0.1000. The molecule has 0 amide bonds. The summed E-state index contributed by atoms with van der Waals surface area (Å²) in [5, 5.41) is 8.40. The number of oxazole rings is 1. The third-order valence-electron chi connectivity index (χ3n) is 1.04. The monoisotopic (exact) mass is 157 g/mol. The Balaban J connectivity index is 2.73. The first-order valence-corrected chi connectivity index (χ1v) is 2.90. The summed E-state index contributed by atoms with van der Waals surface area (Å²) in [5.74, 6) is -0.832. The summed E-state index contributed by atoms with van der Waals surface area (Å²) >= 11 is 0. The highest BCUT2D eigenvalue weighted by Gasteiger charge is 2.08. The lowest BCUT2D eigenvalue weighted by atomic mass is 10.5. The van der Waals surface area contributed by atoms with Crippen LogP contribution in [-0.2, 0) is 11.3 Å². The fraction of sp³-hybridized carbons (Fsp3) is 0.333. The van der Waals surface area contributed by atoms with E-state index in [0.717, 1.165) is 6.26 Å². The Hall–Kier alpha value is -1.36. The number of carboxylic acids is 1. The minimum Gasteiger partial charge on any atom is -0.476 e. The lowest BCUT2D eigenvalue weighted by Crippen LogP contribution is -1.96. The Labute approximate surface area is 62.6 Å². The molecule has 0 saturated heterocycles. The summed E-state index contributed by atoms with van der Waals surface area (Å²) in [6.07, 6.45) is 1.08. The maximum absolute atomic E-state index is 10.3. The van der Waals surface area contributed by atoms with Gasteiger partial charge in [-0.15, -0.1) is 0 Å². The highest BCUT2D eigenvalue weighted by atomic mass is 16.5. The Morgan fingerprint density at radius 3 is 3.09 bits per heavy atom. The normalized spacial score (nSPS) is 9.91. The molecule has 0 aliphatic heterocycles. The van der Waals surface area contributed by atoms with Gasteiger partial charge < -0.3 is 14.3 Å². The fourth-order valence-electron chi connectivity index (χ4n) is 0.599. The van der Waals surface area contributed by atoms with Gasteiger partial charge in [0.1, 0.15) is 12.9 Å². The van der Waals surface area contributed by atoms with Crippen molar-refractivity contribution in [3.63, 3.8) is 0 Å². The Kier molecular flexibility index (Phi) is 2.22. The molecule has 0 saturated carbocycles. The van der Waals surface area contributed by atoms with Gasteiger partial charge in [0.2, 0.25) is 5.89 Å². The topological polar surface area (TPSA) is 72.6 Å². The van der Waals surface area contributed by atoms with Crippen LogP contribution in [0.2, 0.25) is 0 Å². The number of rotatable bonds is 3. The first-order chi connectivity index (χ1) is 5.24. The molecule has 0 unspecified atom stereocenters. The Morgan fingerprint density at radius 1 is 1.91 bits per heavy atom. The molecule has 1 rings (SSSR count). The van der Waals surface area contributed by atoms with Gasteiger partial charge >= 0.3 is 5.97 Å². The zero-order valence-corrected chi connectivity index (χ0v) is 5.90. The van der Waals surface area contributed by atoms with Crippen molar-refractivity contribution in [3.8, 4) is 0 Å².